The van der Waals surface area contributed by atoms with Crippen LogP contribution >= 0.6 is 34.0 Å². The number of thiophene rings is 2. The lowest BCUT2D eigenvalue weighted by molar-refractivity contribution is 1.00. The van der Waals surface area contributed by atoms with E-state index in [0.717, 1.165) is 45.8 Å². The van der Waals surface area contributed by atoms with Crippen molar-refractivity contribution in [2.45, 2.75) is 12.8 Å². The average molecular weight is 809 g/mol. The van der Waals surface area contributed by atoms with Crippen molar-refractivity contribution in [3.05, 3.63) is 174 Å². The molecule has 4 aromatic heterocycles. The minimum Gasteiger partial charge on any atom is -0.236 e. The van der Waals surface area contributed by atoms with Gasteiger partial charge in [-0.05, 0) is 83.6 Å². The average Bonchev–Trinajstić information content (AvgIpc) is 4.02. The molecule has 0 aliphatic heterocycles. The second-order valence-electron chi connectivity index (χ2n) is 14.9. The van der Waals surface area contributed by atoms with Crippen molar-refractivity contribution in [2.75, 3.05) is 0 Å². The fraction of sp³-hybridized carbons (Fsp3) is 0.0385. The summed E-state index contributed by atoms with van der Waals surface area (Å²) in [5.41, 5.74) is 9.93. The summed E-state index contributed by atoms with van der Waals surface area (Å²) in [6.07, 6.45) is 6.58. The Balaban J connectivity index is 0.918. The molecule has 4 nitrogen and oxygen atoms in total. The van der Waals surface area contributed by atoms with Gasteiger partial charge in [0.05, 0.1) is 5.69 Å². The molecule has 0 spiro atoms. The second-order valence-corrected chi connectivity index (χ2v) is 18.1. The van der Waals surface area contributed by atoms with Gasteiger partial charge in [0.2, 0.25) is 0 Å². The molecule has 0 fully saturated rings. The zero-order chi connectivity index (χ0) is 38.9. The highest BCUT2D eigenvalue weighted by Gasteiger charge is 2.17. The molecule has 12 rings (SSSR count). The molecule has 7 heteroatoms. The van der Waals surface area contributed by atoms with Crippen molar-refractivity contribution in [1.29, 1.82) is 0 Å². The Kier molecular flexibility index (Phi) is 8.18. The third kappa shape index (κ3) is 6.09. The van der Waals surface area contributed by atoms with Gasteiger partial charge in [0.25, 0.3) is 0 Å². The molecule has 11 aromatic rings. The molecule has 0 amide bonds. The van der Waals surface area contributed by atoms with Gasteiger partial charge in [-0.25, -0.2) is 19.9 Å². The number of hydrogen-bond donors (Lipinski definition) is 0. The minimum absolute atomic E-state index is 0.649. The molecule has 0 atom stereocenters. The van der Waals surface area contributed by atoms with Crippen LogP contribution in [-0.4, -0.2) is 19.9 Å². The molecule has 0 saturated carbocycles. The molecule has 0 unspecified atom stereocenters. The van der Waals surface area contributed by atoms with E-state index < -0.39 is 0 Å². The van der Waals surface area contributed by atoms with Gasteiger partial charge in [0, 0.05) is 67.5 Å². The summed E-state index contributed by atoms with van der Waals surface area (Å²) in [5, 5.41) is 6.11. The topological polar surface area (TPSA) is 51.6 Å². The highest BCUT2D eigenvalue weighted by atomic mass is 32.1. The third-order valence-electron chi connectivity index (χ3n) is 11.2. The molecule has 0 N–H and O–H groups in total. The lowest BCUT2D eigenvalue weighted by atomic mass is 9.99. The van der Waals surface area contributed by atoms with E-state index in [9.17, 15) is 0 Å². The predicted octanol–water partition coefficient (Wildman–Crippen LogP) is 15.0. The Labute approximate surface area is 352 Å². The molecule has 4 heterocycles. The predicted molar refractivity (Wildman–Crippen MR) is 251 cm³/mol. The van der Waals surface area contributed by atoms with E-state index in [4.69, 9.17) is 19.9 Å². The fourth-order valence-corrected chi connectivity index (χ4v) is 11.6. The van der Waals surface area contributed by atoms with Crippen molar-refractivity contribution in [3.63, 3.8) is 0 Å². The Bertz CT molecular complexity index is 3450. The van der Waals surface area contributed by atoms with Gasteiger partial charge in [0.15, 0.2) is 17.5 Å². The monoisotopic (exact) mass is 808 g/mol. The van der Waals surface area contributed by atoms with Gasteiger partial charge in [-0.3, -0.25) is 0 Å². The second kappa shape index (κ2) is 14.0. The highest BCUT2D eigenvalue weighted by molar-refractivity contribution is 7.26. The summed E-state index contributed by atoms with van der Waals surface area (Å²) in [6.45, 7) is 0. The summed E-state index contributed by atoms with van der Waals surface area (Å²) in [6, 6.07) is 56.4. The number of aryl methyl sites for hydroxylation is 1. The maximum Gasteiger partial charge on any atom is 0.164 e. The first kappa shape index (κ1) is 34.4. The smallest absolute Gasteiger partial charge is 0.164 e. The number of nitrogens with zero attached hydrogens (tertiary/aromatic N) is 4. The third-order valence-corrected chi connectivity index (χ3v) is 14.8. The van der Waals surface area contributed by atoms with E-state index >= 15 is 0 Å². The number of thiazole rings is 1. The SMILES string of the molecule is C1=Cc2nc(-c3ccc(-c4ccc5sc6c(-c7cccc(-c8nc(-c9ccccc9)nc(-c9ccc%10sc%11ccccc%11c%10c9)n8)c7)cccc6c5c4)cc3)sc2CC1. The standard InChI is InChI=1S/C52H32N4S3/c1-2-10-32(11-3-1)49-54-50(56-51(55-49)37-25-27-45-41(30-37)39-14-4-6-18-44(39)57-45)36-13-8-12-35(28-36)38-15-9-16-40-42-29-34(24-26-46(42)58-48(38)40)31-20-22-33(23-21-31)52-53-43-17-5-7-19-47(43)59-52/h1-6,8-18,20-30H,7,19H2. The first-order chi connectivity index (χ1) is 29.2. The Morgan fingerprint density at radius 2 is 1.00 bits per heavy atom. The van der Waals surface area contributed by atoms with Gasteiger partial charge in [-0.15, -0.1) is 34.0 Å². The van der Waals surface area contributed by atoms with Crippen molar-refractivity contribution in [1.82, 2.24) is 19.9 Å². The van der Waals surface area contributed by atoms with Crippen molar-refractivity contribution in [2.24, 2.45) is 0 Å². The molecule has 1 aliphatic rings. The van der Waals surface area contributed by atoms with E-state index in [2.05, 4.69) is 152 Å². The van der Waals surface area contributed by atoms with Crippen LogP contribution in [0.4, 0.5) is 0 Å². The molecular formula is C52H32N4S3. The van der Waals surface area contributed by atoms with Crippen LogP contribution in [0.1, 0.15) is 17.0 Å². The lowest BCUT2D eigenvalue weighted by Gasteiger charge is -2.10. The minimum atomic E-state index is 0.649. The summed E-state index contributed by atoms with van der Waals surface area (Å²) in [4.78, 5) is 21.6. The molecule has 1 aliphatic carbocycles. The molecule has 59 heavy (non-hydrogen) atoms. The molecule has 0 bridgehead atoms. The first-order valence-electron chi connectivity index (χ1n) is 19.7. The van der Waals surface area contributed by atoms with Crippen LogP contribution in [0.3, 0.4) is 0 Å². The Morgan fingerprint density at radius 1 is 0.390 bits per heavy atom. The zero-order valence-electron chi connectivity index (χ0n) is 31.6. The van der Waals surface area contributed by atoms with E-state index in [1.807, 2.05) is 52.2 Å². The molecule has 0 saturated heterocycles. The highest BCUT2D eigenvalue weighted by Crippen LogP contribution is 2.43. The van der Waals surface area contributed by atoms with Gasteiger partial charge < -0.3 is 0 Å². The number of fused-ring (bicyclic) bond motifs is 7. The zero-order valence-corrected chi connectivity index (χ0v) is 34.0. The fourth-order valence-electron chi connectivity index (χ4n) is 8.26. The van der Waals surface area contributed by atoms with E-state index in [-0.39, 0.29) is 0 Å². The van der Waals surface area contributed by atoms with E-state index in [1.165, 1.54) is 67.5 Å². The van der Waals surface area contributed by atoms with Crippen LogP contribution < -0.4 is 0 Å². The quantitative estimate of drug-likeness (QED) is 0.168. The number of hydrogen-bond acceptors (Lipinski definition) is 7. The summed E-state index contributed by atoms with van der Waals surface area (Å²) >= 11 is 5.49. The van der Waals surface area contributed by atoms with Crippen molar-refractivity contribution < 1.29 is 0 Å². The van der Waals surface area contributed by atoms with Crippen LogP contribution in [0.2, 0.25) is 0 Å². The maximum atomic E-state index is 5.16. The number of rotatable bonds is 6. The molecule has 0 radical (unpaired) electrons. The van der Waals surface area contributed by atoms with Crippen molar-refractivity contribution in [3.8, 4) is 67.0 Å². The first-order valence-corrected chi connectivity index (χ1v) is 22.2. The number of aromatic nitrogens is 4. The molecular weight excluding hydrogens is 777 g/mol. The van der Waals surface area contributed by atoms with Crippen LogP contribution in [0.5, 0.6) is 0 Å². The van der Waals surface area contributed by atoms with Crippen LogP contribution in [-0.2, 0) is 6.42 Å². The maximum absolute atomic E-state index is 5.16. The molecule has 278 valence electrons. The summed E-state index contributed by atoms with van der Waals surface area (Å²) < 4.78 is 5.08. The van der Waals surface area contributed by atoms with Gasteiger partial charge in [0.1, 0.15) is 5.01 Å². The Morgan fingerprint density at radius 3 is 1.85 bits per heavy atom. The van der Waals surface area contributed by atoms with E-state index in [0.29, 0.717) is 17.5 Å². The van der Waals surface area contributed by atoms with Gasteiger partial charge >= 0.3 is 0 Å². The van der Waals surface area contributed by atoms with Crippen LogP contribution in [0.15, 0.2) is 164 Å². The van der Waals surface area contributed by atoms with E-state index in [1.54, 1.807) is 0 Å². The summed E-state index contributed by atoms with van der Waals surface area (Å²) in [7, 11) is 0. The van der Waals surface area contributed by atoms with Crippen molar-refractivity contribution >= 4 is 80.4 Å². The number of benzene rings is 7. The van der Waals surface area contributed by atoms with Crippen LogP contribution in [0.25, 0.3) is 113 Å². The van der Waals surface area contributed by atoms with Gasteiger partial charge in [-0.2, -0.15) is 0 Å². The molecule has 7 aromatic carbocycles. The largest absolute Gasteiger partial charge is 0.236 e. The Hall–Kier alpha value is -6.64. The van der Waals surface area contributed by atoms with Gasteiger partial charge in [-0.1, -0.05) is 121 Å². The summed E-state index contributed by atoms with van der Waals surface area (Å²) in [5.74, 6) is 1.96. The van der Waals surface area contributed by atoms with Crippen LogP contribution in [0, 0.1) is 0 Å². The lowest BCUT2D eigenvalue weighted by Crippen LogP contribution is -2.00. The number of allylic oxidation sites excluding steroid dienone is 1. The normalized spacial score (nSPS) is 12.5.